The van der Waals surface area contributed by atoms with E-state index in [9.17, 15) is 9.59 Å². The number of carbonyl (C=O) groups is 2. The highest BCUT2D eigenvalue weighted by Crippen LogP contribution is 2.27. The average Bonchev–Trinajstić information content (AvgIpc) is 3.92. The zero-order chi connectivity index (χ0) is 28.8. The van der Waals surface area contributed by atoms with Gasteiger partial charge in [-0.25, -0.2) is 0 Å². The molecule has 0 N–H and O–H groups in total. The fourth-order valence-electron chi connectivity index (χ4n) is 5.46. The average molecular weight is 565 g/mol. The first-order valence-electron chi connectivity index (χ1n) is 15.2. The van der Waals surface area contributed by atoms with Crippen LogP contribution in [-0.2, 0) is 31.9 Å². The molecule has 2 aromatic carbocycles. The van der Waals surface area contributed by atoms with Crippen LogP contribution in [0.2, 0.25) is 0 Å². The predicted octanol–water partition coefficient (Wildman–Crippen LogP) is 4.28. The number of ether oxygens (including phenoxy) is 4. The second kappa shape index (κ2) is 13.7. The highest BCUT2D eigenvalue weighted by Gasteiger charge is 2.44. The van der Waals surface area contributed by atoms with Gasteiger partial charge in [-0.15, -0.1) is 0 Å². The molecule has 3 unspecified atom stereocenters. The number of likely N-dealkylation sites (N-methyl/N-ethyl adjacent to an activating group) is 1. The topological polar surface area (TPSA) is 84.1 Å². The van der Waals surface area contributed by atoms with Crippen molar-refractivity contribution in [2.45, 2.75) is 76.7 Å². The second-order valence-electron chi connectivity index (χ2n) is 11.6. The molecule has 0 aromatic heterocycles. The molecule has 3 aliphatic heterocycles. The molecule has 3 heterocycles. The Morgan fingerprint density at radius 3 is 1.78 bits per heavy atom. The predicted molar refractivity (Wildman–Crippen MR) is 156 cm³/mol. The van der Waals surface area contributed by atoms with Gasteiger partial charge in [-0.3, -0.25) is 9.59 Å². The maximum absolute atomic E-state index is 14.1. The lowest BCUT2D eigenvalue weighted by atomic mass is 9.92. The number of nitrogens with zero attached hydrogens (tertiary/aromatic N) is 2. The van der Waals surface area contributed by atoms with Crippen molar-refractivity contribution in [1.29, 1.82) is 0 Å². The fraction of sp³-hybridized carbons (Fsp3) is 0.576. The van der Waals surface area contributed by atoms with Crippen molar-refractivity contribution in [3.8, 4) is 11.5 Å². The molecule has 2 aromatic rings. The van der Waals surface area contributed by atoms with Crippen LogP contribution in [0.5, 0.6) is 11.5 Å². The molecule has 3 aliphatic rings. The molecule has 8 nitrogen and oxygen atoms in total. The standard InChI is InChI=1S/C33H44N2O6/c1-4-6-7-23(5-2)18-35-31(17-25-10-14-27(15-11-25)39-20-29-22-41-29)32(36)34(3)30(33(35)37)16-24-8-12-26(13-9-24)38-19-28-21-40-28/h8-15,23,28-31H,4-7,16-22H2,1-3H3/t23?,28?,29?,30-,31+/m1/s1. The number of hydrogen-bond donors (Lipinski definition) is 0. The lowest BCUT2D eigenvalue weighted by Gasteiger charge is -2.45. The van der Waals surface area contributed by atoms with Gasteiger partial charge in [0.05, 0.1) is 13.2 Å². The van der Waals surface area contributed by atoms with Crippen LogP contribution in [0.25, 0.3) is 0 Å². The normalized spacial score (nSPS) is 24.4. The minimum Gasteiger partial charge on any atom is -0.491 e. The van der Waals surface area contributed by atoms with E-state index in [0.29, 0.717) is 38.5 Å². The van der Waals surface area contributed by atoms with Crippen LogP contribution in [0.3, 0.4) is 0 Å². The zero-order valence-corrected chi connectivity index (χ0v) is 24.6. The van der Waals surface area contributed by atoms with Gasteiger partial charge < -0.3 is 28.7 Å². The number of epoxide rings is 2. The summed E-state index contributed by atoms with van der Waals surface area (Å²) in [4.78, 5) is 31.6. The van der Waals surface area contributed by atoms with Crippen LogP contribution in [0, 0.1) is 5.92 Å². The van der Waals surface area contributed by atoms with E-state index in [-0.39, 0.29) is 24.0 Å². The Kier molecular flexibility index (Phi) is 9.83. The summed E-state index contributed by atoms with van der Waals surface area (Å²) in [5.41, 5.74) is 2.01. The summed E-state index contributed by atoms with van der Waals surface area (Å²) in [5, 5.41) is 0. The quantitative estimate of drug-likeness (QED) is 0.283. The molecule has 5 atom stereocenters. The number of benzene rings is 2. The van der Waals surface area contributed by atoms with Crippen LogP contribution >= 0.6 is 0 Å². The van der Waals surface area contributed by atoms with Crippen LogP contribution in [0.4, 0.5) is 0 Å². The van der Waals surface area contributed by atoms with E-state index in [2.05, 4.69) is 13.8 Å². The highest BCUT2D eigenvalue weighted by atomic mass is 16.6. The number of unbranched alkanes of at least 4 members (excludes halogenated alkanes) is 1. The first kappa shape index (κ1) is 29.4. The molecule has 0 aliphatic carbocycles. The Morgan fingerprint density at radius 1 is 0.805 bits per heavy atom. The number of hydrogen-bond acceptors (Lipinski definition) is 6. The summed E-state index contributed by atoms with van der Waals surface area (Å²) in [5.74, 6) is 1.96. The van der Waals surface area contributed by atoms with Crippen LogP contribution in [0.15, 0.2) is 48.5 Å². The zero-order valence-electron chi connectivity index (χ0n) is 24.6. The maximum Gasteiger partial charge on any atom is 0.246 e. The van der Waals surface area contributed by atoms with Gasteiger partial charge in [0, 0.05) is 26.4 Å². The monoisotopic (exact) mass is 564 g/mol. The molecule has 222 valence electrons. The van der Waals surface area contributed by atoms with E-state index in [0.717, 1.165) is 61.5 Å². The van der Waals surface area contributed by atoms with E-state index in [1.165, 1.54) is 0 Å². The molecule has 0 radical (unpaired) electrons. The number of carbonyl (C=O) groups excluding carboxylic acids is 2. The molecule has 0 bridgehead atoms. The van der Waals surface area contributed by atoms with Gasteiger partial charge in [0.1, 0.15) is 49.0 Å². The number of amides is 2. The first-order chi connectivity index (χ1) is 19.9. The van der Waals surface area contributed by atoms with Crippen LogP contribution in [0.1, 0.15) is 50.7 Å². The van der Waals surface area contributed by atoms with E-state index in [4.69, 9.17) is 18.9 Å². The highest BCUT2D eigenvalue weighted by molar-refractivity contribution is 5.97. The molecule has 0 saturated carbocycles. The molecular weight excluding hydrogens is 520 g/mol. The Hall–Kier alpha value is -3.10. The Morgan fingerprint density at radius 2 is 1.32 bits per heavy atom. The van der Waals surface area contributed by atoms with E-state index < -0.39 is 12.1 Å². The lowest BCUT2D eigenvalue weighted by Crippen LogP contribution is -2.65. The third-order valence-corrected chi connectivity index (χ3v) is 8.42. The molecule has 3 saturated heterocycles. The van der Waals surface area contributed by atoms with Crippen molar-refractivity contribution in [3.63, 3.8) is 0 Å². The van der Waals surface area contributed by atoms with Crippen LogP contribution in [-0.4, -0.2) is 85.9 Å². The van der Waals surface area contributed by atoms with Crippen molar-refractivity contribution in [2.75, 3.05) is 40.0 Å². The van der Waals surface area contributed by atoms with Gasteiger partial charge in [-0.2, -0.15) is 0 Å². The summed E-state index contributed by atoms with van der Waals surface area (Å²) in [6, 6.07) is 14.6. The van der Waals surface area contributed by atoms with Crippen molar-refractivity contribution in [1.82, 2.24) is 9.80 Å². The molecule has 0 spiro atoms. The van der Waals surface area contributed by atoms with Crippen LogP contribution < -0.4 is 9.47 Å². The maximum atomic E-state index is 14.1. The lowest BCUT2D eigenvalue weighted by molar-refractivity contribution is -0.160. The summed E-state index contributed by atoms with van der Waals surface area (Å²) in [6.07, 6.45) is 5.63. The van der Waals surface area contributed by atoms with Gasteiger partial charge in [0.25, 0.3) is 0 Å². The fourth-order valence-corrected chi connectivity index (χ4v) is 5.46. The van der Waals surface area contributed by atoms with Gasteiger partial charge in [-0.05, 0) is 47.7 Å². The SMILES string of the molecule is CCCCC(CC)CN1C(=O)[C@@H](Cc2ccc(OCC3CO3)cc2)N(C)C(=O)[C@@H]1Cc1ccc(OCC2CO2)cc1. The summed E-state index contributed by atoms with van der Waals surface area (Å²) >= 11 is 0. The van der Waals surface area contributed by atoms with Gasteiger partial charge in [-0.1, -0.05) is 57.4 Å². The largest absolute Gasteiger partial charge is 0.491 e. The van der Waals surface area contributed by atoms with Crippen molar-refractivity contribution in [2.24, 2.45) is 5.92 Å². The third-order valence-electron chi connectivity index (χ3n) is 8.42. The molecular formula is C33H44N2O6. The number of piperazine rings is 1. The van der Waals surface area contributed by atoms with Crippen molar-refractivity contribution < 1.29 is 28.5 Å². The smallest absolute Gasteiger partial charge is 0.246 e. The summed E-state index contributed by atoms with van der Waals surface area (Å²) in [7, 11) is 1.77. The summed E-state index contributed by atoms with van der Waals surface area (Å²) < 4.78 is 22.0. The minimum absolute atomic E-state index is 0.00413. The Labute approximate surface area is 243 Å². The van der Waals surface area contributed by atoms with Gasteiger partial charge in [0.15, 0.2) is 0 Å². The summed E-state index contributed by atoms with van der Waals surface area (Å²) in [6.45, 7) is 7.59. The van der Waals surface area contributed by atoms with Gasteiger partial charge >= 0.3 is 0 Å². The first-order valence-corrected chi connectivity index (χ1v) is 15.2. The van der Waals surface area contributed by atoms with E-state index >= 15 is 0 Å². The molecule has 2 amide bonds. The van der Waals surface area contributed by atoms with Crippen molar-refractivity contribution in [3.05, 3.63) is 59.7 Å². The van der Waals surface area contributed by atoms with Gasteiger partial charge in [0.2, 0.25) is 11.8 Å². The Balaban J connectivity index is 1.29. The van der Waals surface area contributed by atoms with E-state index in [1.54, 1.807) is 11.9 Å². The van der Waals surface area contributed by atoms with Crippen molar-refractivity contribution >= 4 is 11.8 Å². The van der Waals surface area contributed by atoms with E-state index in [1.807, 2.05) is 53.4 Å². The second-order valence-corrected chi connectivity index (χ2v) is 11.6. The molecule has 8 heteroatoms. The molecule has 3 fully saturated rings. The molecule has 5 rings (SSSR count). The Bertz CT molecular complexity index is 1150. The number of rotatable bonds is 16. The third kappa shape index (κ3) is 8.01. The molecule has 41 heavy (non-hydrogen) atoms. The minimum atomic E-state index is -0.533.